The highest BCUT2D eigenvalue weighted by atomic mass is 32.2. The van der Waals surface area contributed by atoms with Crippen molar-refractivity contribution in [1.82, 2.24) is 5.32 Å². The molecule has 0 aromatic heterocycles. The zero-order valence-electron chi connectivity index (χ0n) is 11.4. The molecule has 0 aliphatic carbocycles. The van der Waals surface area contributed by atoms with Crippen molar-refractivity contribution in [3.05, 3.63) is 24.3 Å². The largest absolute Gasteiger partial charge is 0.480 e. The molecule has 0 aliphatic rings. The van der Waals surface area contributed by atoms with Crippen LogP contribution in [-0.4, -0.2) is 43.1 Å². The molecule has 110 valence electrons. The van der Waals surface area contributed by atoms with Crippen molar-refractivity contribution >= 4 is 29.4 Å². The fourth-order valence-corrected chi connectivity index (χ4v) is 1.90. The number of carboxylic acids is 1. The number of thioether (sulfide) groups is 1. The van der Waals surface area contributed by atoms with Gasteiger partial charge in [-0.25, -0.2) is 9.59 Å². The van der Waals surface area contributed by atoms with E-state index in [9.17, 15) is 9.59 Å². The lowest BCUT2D eigenvalue weighted by molar-refractivity contribution is -0.139. The average molecular weight is 298 g/mol. The SMILES string of the molecule is COCCC(NC(=O)Nc1ccc(SC)cc1)C(=O)O. The minimum absolute atomic E-state index is 0.213. The molecule has 0 saturated carbocycles. The van der Waals surface area contributed by atoms with Crippen LogP contribution in [0.3, 0.4) is 0 Å². The van der Waals surface area contributed by atoms with E-state index in [1.165, 1.54) is 7.11 Å². The summed E-state index contributed by atoms with van der Waals surface area (Å²) in [6, 6.07) is 5.75. The number of nitrogens with one attached hydrogen (secondary N) is 2. The van der Waals surface area contributed by atoms with Crippen LogP contribution in [0.2, 0.25) is 0 Å². The molecule has 1 rings (SSSR count). The Labute approximate surface area is 121 Å². The van der Waals surface area contributed by atoms with Crippen LogP contribution in [0.4, 0.5) is 10.5 Å². The van der Waals surface area contributed by atoms with Gasteiger partial charge in [0.1, 0.15) is 6.04 Å². The van der Waals surface area contributed by atoms with Gasteiger partial charge in [-0.05, 0) is 30.5 Å². The molecule has 1 unspecified atom stereocenters. The molecule has 6 nitrogen and oxygen atoms in total. The summed E-state index contributed by atoms with van der Waals surface area (Å²) in [5, 5.41) is 14.0. The third kappa shape index (κ3) is 5.50. The Kier molecular flexibility index (Phi) is 6.89. The standard InChI is InChI=1S/C13H18N2O4S/c1-19-8-7-11(12(16)17)15-13(18)14-9-3-5-10(20-2)6-4-9/h3-6,11H,7-8H2,1-2H3,(H,16,17)(H2,14,15,18). The van der Waals surface area contributed by atoms with Gasteiger partial charge in [0.05, 0.1) is 0 Å². The molecular weight excluding hydrogens is 280 g/mol. The maximum Gasteiger partial charge on any atom is 0.326 e. The highest BCUT2D eigenvalue weighted by Gasteiger charge is 2.19. The lowest BCUT2D eigenvalue weighted by atomic mass is 10.2. The third-order valence-corrected chi connectivity index (χ3v) is 3.31. The number of ether oxygens (including phenoxy) is 1. The van der Waals surface area contributed by atoms with E-state index in [0.717, 1.165) is 4.90 Å². The number of urea groups is 1. The van der Waals surface area contributed by atoms with E-state index in [-0.39, 0.29) is 13.0 Å². The number of hydrogen-bond donors (Lipinski definition) is 3. The predicted molar refractivity (Wildman–Crippen MR) is 78.3 cm³/mol. The first-order valence-corrected chi connectivity index (χ1v) is 7.22. The number of carboxylic acid groups (broad SMARTS) is 1. The van der Waals surface area contributed by atoms with Crippen molar-refractivity contribution in [1.29, 1.82) is 0 Å². The quantitative estimate of drug-likeness (QED) is 0.670. The van der Waals surface area contributed by atoms with E-state index in [1.54, 1.807) is 23.9 Å². The molecule has 0 spiro atoms. The molecule has 0 aliphatic heterocycles. The summed E-state index contributed by atoms with van der Waals surface area (Å²) in [5.41, 5.74) is 0.608. The van der Waals surface area contributed by atoms with E-state index in [0.29, 0.717) is 5.69 Å². The number of anilines is 1. The maximum absolute atomic E-state index is 11.7. The zero-order chi connectivity index (χ0) is 15.0. The molecule has 3 N–H and O–H groups in total. The molecule has 1 aromatic carbocycles. The van der Waals surface area contributed by atoms with Crippen molar-refractivity contribution < 1.29 is 19.4 Å². The number of amides is 2. The number of benzene rings is 1. The molecule has 0 heterocycles. The molecule has 1 aromatic rings. The lowest BCUT2D eigenvalue weighted by Crippen LogP contribution is -2.43. The second-order valence-corrected chi connectivity index (χ2v) is 4.88. The van der Waals surface area contributed by atoms with Crippen LogP contribution in [-0.2, 0) is 9.53 Å². The Morgan fingerprint density at radius 1 is 1.35 bits per heavy atom. The number of carbonyl (C=O) groups excluding carboxylic acids is 1. The van der Waals surface area contributed by atoms with Gasteiger partial charge in [0.2, 0.25) is 0 Å². The van der Waals surface area contributed by atoms with E-state index < -0.39 is 18.0 Å². The summed E-state index contributed by atoms with van der Waals surface area (Å²) in [6.45, 7) is 0.264. The summed E-state index contributed by atoms with van der Waals surface area (Å²) in [7, 11) is 1.48. The van der Waals surface area contributed by atoms with Gasteiger partial charge in [-0.1, -0.05) is 0 Å². The van der Waals surface area contributed by atoms with Gasteiger partial charge in [0, 0.05) is 30.7 Å². The van der Waals surface area contributed by atoms with Crippen LogP contribution < -0.4 is 10.6 Å². The Morgan fingerprint density at radius 3 is 2.50 bits per heavy atom. The number of hydrogen-bond acceptors (Lipinski definition) is 4. The third-order valence-electron chi connectivity index (χ3n) is 2.56. The van der Waals surface area contributed by atoms with E-state index >= 15 is 0 Å². The average Bonchev–Trinajstić information content (AvgIpc) is 2.44. The molecule has 1 atom stereocenters. The summed E-state index contributed by atoms with van der Waals surface area (Å²) in [4.78, 5) is 23.8. The van der Waals surface area contributed by atoms with Crippen molar-refractivity contribution in [3.8, 4) is 0 Å². The fourth-order valence-electron chi connectivity index (χ4n) is 1.49. The van der Waals surface area contributed by atoms with Gasteiger partial charge in [-0.15, -0.1) is 11.8 Å². The van der Waals surface area contributed by atoms with Crippen molar-refractivity contribution in [2.45, 2.75) is 17.4 Å². The summed E-state index contributed by atoms with van der Waals surface area (Å²) in [5.74, 6) is -1.09. The molecule has 0 radical (unpaired) electrons. The summed E-state index contributed by atoms with van der Waals surface area (Å²) in [6.07, 6.45) is 2.17. The van der Waals surface area contributed by atoms with Crippen LogP contribution in [0.1, 0.15) is 6.42 Å². The molecule has 0 bridgehead atoms. The van der Waals surface area contributed by atoms with E-state index in [2.05, 4.69) is 10.6 Å². The van der Waals surface area contributed by atoms with Crippen LogP contribution >= 0.6 is 11.8 Å². The van der Waals surface area contributed by atoms with Crippen LogP contribution in [0, 0.1) is 0 Å². The first-order chi connectivity index (χ1) is 9.56. The molecular formula is C13H18N2O4S. The fraction of sp³-hybridized carbons (Fsp3) is 0.385. The highest BCUT2D eigenvalue weighted by Crippen LogP contribution is 2.17. The summed E-state index contributed by atoms with van der Waals surface area (Å²) < 4.78 is 4.81. The normalized spacial score (nSPS) is 11.7. The number of carbonyl (C=O) groups is 2. The summed E-state index contributed by atoms with van der Waals surface area (Å²) >= 11 is 1.60. The van der Waals surface area contributed by atoms with Crippen LogP contribution in [0.15, 0.2) is 29.2 Å². The first-order valence-electron chi connectivity index (χ1n) is 6.00. The first kappa shape index (κ1) is 16.3. The molecule has 20 heavy (non-hydrogen) atoms. The van der Waals surface area contributed by atoms with Gasteiger partial charge >= 0.3 is 12.0 Å². The van der Waals surface area contributed by atoms with Crippen molar-refractivity contribution in [2.24, 2.45) is 0 Å². The number of methoxy groups -OCH3 is 1. The Hall–Kier alpha value is -1.73. The van der Waals surface area contributed by atoms with E-state index in [1.807, 2.05) is 18.4 Å². The van der Waals surface area contributed by atoms with Crippen molar-refractivity contribution in [2.75, 3.05) is 25.3 Å². The Morgan fingerprint density at radius 2 is 2.00 bits per heavy atom. The predicted octanol–water partition coefficient (Wildman–Crippen LogP) is 2.02. The molecule has 7 heteroatoms. The Balaban J connectivity index is 2.53. The Bertz CT molecular complexity index is 450. The molecule has 0 saturated heterocycles. The van der Waals surface area contributed by atoms with Gasteiger partial charge in [0.25, 0.3) is 0 Å². The smallest absolute Gasteiger partial charge is 0.326 e. The second kappa shape index (κ2) is 8.44. The number of rotatable bonds is 7. The molecule has 0 fully saturated rings. The van der Waals surface area contributed by atoms with E-state index in [4.69, 9.17) is 9.84 Å². The lowest BCUT2D eigenvalue weighted by Gasteiger charge is -2.14. The topological polar surface area (TPSA) is 87.7 Å². The van der Waals surface area contributed by atoms with Crippen molar-refractivity contribution in [3.63, 3.8) is 0 Å². The van der Waals surface area contributed by atoms with Crippen LogP contribution in [0.5, 0.6) is 0 Å². The number of aliphatic carboxylic acids is 1. The molecule has 2 amide bonds. The highest BCUT2D eigenvalue weighted by molar-refractivity contribution is 7.98. The minimum atomic E-state index is -1.09. The van der Waals surface area contributed by atoms with Gasteiger partial charge in [0.15, 0.2) is 0 Å². The van der Waals surface area contributed by atoms with Crippen LogP contribution in [0.25, 0.3) is 0 Å². The maximum atomic E-state index is 11.7. The second-order valence-electron chi connectivity index (χ2n) is 4.00. The minimum Gasteiger partial charge on any atom is -0.480 e. The van der Waals surface area contributed by atoms with Gasteiger partial charge in [-0.2, -0.15) is 0 Å². The monoisotopic (exact) mass is 298 g/mol. The zero-order valence-corrected chi connectivity index (χ0v) is 12.2. The van der Waals surface area contributed by atoms with Gasteiger partial charge < -0.3 is 20.5 Å². The van der Waals surface area contributed by atoms with Gasteiger partial charge in [-0.3, -0.25) is 0 Å².